The van der Waals surface area contributed by atoms with Gasteiger partial charge < -0.3 is 20.2 Å². The molecule has 0 saturated carbocycles. The second kappa shape index (κ2) is 6.30. The highest BCUT2D eigenvalue weighted by Gasteiger charge is 2.13. The predicted octanol–water partition coefficient (Wildman–Crippen LogP) is 1.08. The number of rotatable bonds is 5. The van der Waals surface area contributed by atoms with Gasteiger partial charge in [-0.15, -0.1) is 0 Å². The first-order chi connectivity index (χ1) is 11.2. The zero-order chi connectivity index (χ0) is 16.2. The zero-order valence-corrected chi connectivity index (χ0v) is 12.4. The van der Waals surface area contributed by atoms with Gasteiger partial charge in [0.2, 0.25) is 0 Å². The summed E-state index contributed by atoms with van der Waals surface area (Å²) >= 11 is 0. The Labute approximate surface area is 131 Å². The SMILES string of the molecule is COC(=O)COc1nc(N)c2[nH]c(Cc3ccccc3)nc2n1. The van der Waals surface area contributed by atoms with Crippen LogP contribution in [0, 0.1) is 0 Å². The molecule has 3 N–H and O–H groups in total. The van der Waals surface area contributed by atoms with Crippen LogP contribution in [0.5, 0.6) is 6.01 Å². The third-order valence-corrected chi connectivity index (χ3v) is 3.17. The molecule has 1 aromatic carbocycles. The second-order valence-electron chi connectivity index (χ2n) is 4.80. The smallest absolute Gasteiger partial charge is 0.344 e. The van der Waals surface area contributed by atoms with Crippen LogP contribution in [0.3, 0.4) is 0 Å². The topological polar surface area (TPSA) is 116 Å². The van der Waals surface area contributed by atoms with Crippen LogP contribution in [0.15, 0.2) is 30.3 Å². The van der Waals surface area contributed by atoms with Crippen molar-refractivity contribution < 1.29 is 14.3 Å². The summed E-state index contributed by atoms with van der Waals surface area (Å²) in [7, 11) is 1.27. The average molecular weight is 313 g/mol. The molecule has 0 unspecified atom stereocenters. The molecule has 0 aliphatic carbocycles. The first-order valence-corrected chi connectivity index (χ1v) is 6.91. The molecule has 23 heavy (non-hydrogen) atoms. The summed E-state index contributed by atoms with van der Waals surface area (Å²) in [4.78, 5) is 26.7. The molecule has 0 radical (unpaired) electrons. The van der Waals surface area contributed by atoms with E-state index in [-0.39, 0.29) is 18.4 Å². The quantitative estimate of drug-likeness (QED) is 0.677. The monoisotopic (exact) mass is 313 g/mol. The van der Waals surface area contributed by atoms with Gasteiger partial charge in [-0.05, 0) is 5.56 Å². The zero-order valence-electron chi connectivity index (χ0n) is 12.4. The highest BCUT2D eigenvalue weighted by atomic mass is 16.6. The third kappa shape index (κ3) is 3.37. The Kier molecular flexibility index (Phi) is 4.05. The number of imidazole rings is 1. The molecule has 0 fully saturated rings. The van der Waals surface area contributed by atoms with Crippen LogP contribution in [-0.2, 0) is 16.0 Å². The number of nitrogens with zero attached hydrogens (tertiary/aromatic N) is 3. The summed E-state index contributed by atoms with van der Waals surface area (Å²) in [6.07, 6.45) is 0.620. The Hall–Kier alpha value is -3.16. The molecule has 2 aromatic heterocycles. The first kappa shape index (κ1) is 14.8. The van der Waals surface area contributed by atoms with Crippen LogP contribution < -0.4 is 10.5 Å². The number of hydrogen-bond donors (Lipinski definition) is 2. The van der Waals surface area contributed by atoms with Gasteiger partial charge in [0.1, 0.15) is 11.3 Å². The Balaban J connectivity index is 1.84. The Morgan fingerprint density at radius 2 is 2.00 bits per heavy atom. The second-order valence-corrected chi connectivity index (χ2v) is 4.80. The number of esters is 1. The number of ether oxygens (including phenoxy) is 2. The van der Waals surface area contributed by atoms with Crippen molar-refractivity contribution >= 4 is 23.0 Å². The summed E-state index contributed by atoms with van der Waals surface area (Å²) in [6, 6.07) is 9.88. The summed E-state index contributed by atoms with van der Waals surface area (Å²) in [5.41, 5.74) is 7.93. The van der Waals surface area contributed by atoms with Crippen molar-refractivity contribution in [2.45, 2.75) is 6.42 Å². The van der Waals surface area contributed by atoms with E-state index in [2.05, 4.69) is 24.7 Å². The maximum atomic E-state index is 11.1. The van der Waals surface area contributed by atoms with Gasteiger partial charge in [0, 0.05) is 6.42 Å². The maximum Gasteiger partial charge on any atom is 0.344 e. The minimum absolute atomic E-state index is 0.0156. The van der Waals surface area contributed by atoms with Crippen molar-refractivity contribution in [3.8, 4) is 6.01 Å². The van der Waals surface area contributed by atoms with E-state index in [1.165, 1.54) is 7.11 Å². The highest BCUT2D eigenvalue weighted by Crippen LogP contribution is 2.19. The van der Waals surface area contributed by atoms with Crippen LogP contribution in [-0.4, -0.2) is 39.6 Å². The molecule has 3 aromatic rings. The number of aromatic nitrogens is 4. The number of benzene rings is 1. The molecule has 0 bridgehead atoms. The Morgan fingerprint density at radius 3 is 2.74 bits per heavy atom. The molecular weight excluding hydrogens is 298 g/mol. The number of nitrogens with two attached hydrogens (primary N) is 1. The van der Waals surface area contributed by atoms with E-state index >= 15 is 0 Å². The lowest BCUT2D eigenvalue weighted by Gasteiger charge is -2.03. The number of methoxy groups -OCH3 is 1. The number of carbonyl (C=O) groups excluding carboxylic acids is 1. The summed E-state index contributed by atoms with van der Waals surface area (Å²) < 4.78 is 9.63. The fourth-order valence-corrected chi connectivity index (χ4v) is 2.07. The van der Waals surface area contributed by atoms with E-state index in [0.29, 0.717) is 17.6 Å². The molecule has 3 rings (SSSR count). The molecular formula is C15H15N5O3. The molecule has 2 heterocycles. The van der Waals surface area contributed by atoms with Crippen molar-refractivity contribution in [3.05, 3.63) is 41.7 Å². The van der Waals surface area contributed by atoms with Crippen LogP contribution in [0.1, 0.15) is 11.4 Å². The summed E-state index contributed by atoms with van der Waals surface area (Å²) in [5, 5.41) is 0. The van der Waals surface area contributed by atoms with Crippen molar-refractivity contribution in [1.82, 2.24) is 19.9 Å². The predicted molar refractivity (Wildman–Crippen MR) is 82.9 cm³/mol. The Morgan fingerprint density at radius 1 is 1.22 bits per heavy atom. The number of anilines is 1. The molecule has 0 aliphatic heterocycles. The summed E-state index contributed by atoms with van der Waals surface area (Å²) in [5.74, 6) is 0.401. The molecule has 0 aliphatic rings. The normalized spacial score (nSPS) is 10.7. The fraction of sp³-hybridized carbons (Fsp3) is 0.200. The van der Waals surface area contributed by atoms with Crippen molar-refractivity contribution in [1.29, 1.82) is 0 Å². The van der Waals surface area contributed by atoms with Crippen molar-refractivity contribution in [2.24, 2.45) is 0 Å². The molecule has 0 spiro atoms. The number of H-pyrrole nitrogens is 1. The number of carbonyl (C=O) groups is 1. The van der Waals surface area contributed by atoms with E-state index in [9.17, 15) is 4.79 Å². The standard InChI is InChI=1S/C15H15N5O3/c1-22-11(21)8-23-15-19-13(16)12-14(20-15)18-10(17-12)7-9-5-3-2-4-6-9/h2-6H,7-8H2,1H3,(H3,16,17,18,19,20). The van der Waals surface area contributed by atoms with Gasteiger partial charge in [-0.3, -0.25) is 0 Å². The van der Waals surface area contributed by atoms with E-state index < -0.39 is 5.97 Å². The van der Waals surface area contributed by atoms with Gasteiger partial charge in [-0.25, -0.2) is 9.78 Å². The van der Waals surface area contributed by atoms with Crippen LogP contribution >= 0.6 is 0 Å². The lowest BCUT2D eigenvalue weighted by Crippen LogP contribution is -2.14. The van der Waals surface area contributed by atoms with Gasteiger partial charge in [-0.2, -0.15) is 9.97 Å². The number of nitrogen functional groups attached to an aromatic ring is 1. The van der Waals surface area contributed by atoms with Gasteiger partial charge in [0.15, 0.2) is 18.1 Å². The van der Waals surface area contributed by atoms with Crippen LogP contribution in [0.4, 0.5) is 5.82 Å². The fourth-order valence-electron chi connectivity index (χ4n) is 2.07. The minimum Gasteiger partial charge on any atom is -0.466 e. The average Bonchev–Trinajstić information content (AvgIpc) is 2.96. The minimum atomic E-state index is -0.529. The number of aromatic amines is 1. The molecule has 8 heteroatoms. The van der Waals surface area contributed by atoms with Gasteiger partial charge in [0.25, 0.3) is 0 Å². The van der Waals surface area contributed by atoms with Gasteiger partial charge >= 0.3 is 12.0 Å². The van der Waals surface area contributed by atoms with Crippen molar-refractivity contribution in [2.75, 3.05) is 19.5 Å². The number of nitrogens with one attached hydrogen (secondary N) is 1. The lowest BCUT2D eigenvalue weighted by atomic mass is 10.1. The van der Waals surface area contributed by atoms with E-state index in [1.807, 2.05) is 30.3 Å². The number of fused-ring (bicyclic) bond motifs is 1. The third-order valence-electron chi connectivity index (χ3n) is 3.17. The first-order valence-electron chi connectivity index (χ1n) is 6.91. The van der Waals surface area contributed by atoms with E-state index in [1.54, 1.807) is 0 Å². The van der Waals surface area contributed by atoms with E-state index in [0.717, 1.165) is 11.4 Å². The van der Waals surface area contributed by atoms with Crippen LogP contribution in [0.25, 0.3) is 11.2 Å². The van der Waals surface area contributed by atoms with Crippen LogP contribution in [0.2, 0.25) is 0 Å². The molecule has 118 valence electrons. The Bertz CT molecular complexity index is 832. The van der Waals surface area contributed by atoms with Gasteiger partial charge in [0.05, 0.1) is 7.11 Å². The highest BCUT2D eigenvalue weighted by molar-refractivity contribution is 5.82. The molecule has 8 nitrogen and oxygen atoms in total. The summed E-state index contributed by atoms with van der Waals surface area (Å²) in [6.45, 7) is -0.289. The number of hydrogen-bond acceptors (Lipinski definition) is 7. The van der Waals surface area contributed by atoms with Crippen molar-refractivity contribution in [3.63, 3.8) is 0 Å². The van der Waals surface area contributed by atoms with Gasteiger partial charge in [-0.1, -0.05) is 30.3 Å². The lowest BCUT2D eigenvalue weighted by molar-refractivity contribution is -0.143. The largest absolute Gasteiger partial charge is 0.466 e. The van der Waals surface area contributed by atoms with E-state index in [4.69, 9.17) is 10.5 Å². The maximum absolute atomic E-state index is 11.1. The molecule has 0 amide bonds. The molecule has 0 atom stereocenters. The molecule has 0 saturated heterocycles.